The third-order valence-corrected chi connectivity index (χ3v) is 7.34. The molecule has 1 aliphatic rings. The van der Waals surface area contributed by atoms with Gasteiger partial charge in [0.15, 0.2) is 17.3 Å². The van der Waals surface area contributed by atoms with Crippen LogP contribution in [0.4, 0.5) is 0 Å². The number of nitrogens with zero attached hydrogens (tertiary/aromatic N) is 1. The van der Waals surface area contributed by atoms with Crippen LogP contribution in [0.25, 0.3) is 27.2 Å². The maximum Gasteiger partial charge on any atom is 0.345 e. The second kappa shape index (κ2) is 9.98. The first-order chi connectivity index (χ1) is 19.9. The zero-order chi connectivity index (χ0) is 28.8. The number of esters is 1. The summed E-state index contributed by atoms with van der Waals surface area (Å²) in [5.74, 6) is -0.307. The van der Waals surface area contributed by atoms with Gasteiger partial charge in [-0.1, -0.05) is 42.5 Å². The highest BCUT2D eigenvalue weighted by molar-refractivity contribution is 6.40. The molecule has 0 saturated heterocycles. The number of hydrogen-bond donors (Lipinski definition) is 0. The van der Waals surface area contributed by atoms with Crippen LogP contribution in [0.1, 0.15) is 36.6 Å². The number of hydrogen-bond acceptors (Lipinski definition) is 7. The predicted molar refractivity (Wildman–Crippen MR) is 155 cm³/mol. The van der Waals surface area contributed by atoms with Gasteiger partial charge in [-0.15, -0.1) is 0 Å². The van der Waals surface area contributed by atoms with Crippen molar-refractivity contribution in [3.63, 3.8) is 0 Å². The van der Waals surface area contributed by atoms with Crippen LogP contribution < -0.4 is 18.9 Å². The summed E-state index contributed by atoms with van der Waals surface area (Å²) in [6.07, 6.45) is 2.96. The van der Waals surface area contributed by atoms with Crippen molar-refractivity contribution in [1.82, 2.24) is 4.57 Å². The van der Waals surface area contributed by atoms with Gasteiger partial charge in [-0.2, -0.15) is 0 Å². The van der Waals surface area contributed by atoms with Crippen LogP contribution in [0.3, 0.4) is 0 Å². The number of ether oxygens (including phenoxy) is 4. The SMILES string of the molecule is COc1cccc2c1C(=O)C(c1cc(OC)c3cccc(OC)c3c1OC(=O)c1cn(C)c3ccccc13)=CC2=O. The summed E-state index contributed by atoms with van der Waals surface area (Å²) >= 11 is 0. The molecule has 0 N–H and O–H groups in total. The maximum atomic E-state index is 14.0. The zero-order valence-electron chi connectivity index (χ0n) is 22.8. The molecule has 8 nitrogen and oxygen atoms in total. The van der Waals surface area contributed by atoms with E-state index in [0.29, 0.717) is 33.2 Å². The van der Waals surface area contributed by atoms with Crippen LogP contribution >= 0.6 is 0 Å². The van der Waals surface area contributed by atoms with Crippen molar-refractivity contribution in [2.24, 2.45) is 7.05 Å². The molecular weight excluding hydrogens is 522 g/mol. The molecule has 0 amide bonds. The van der Waals surface area contributed by atoms with Crippen LogP contribution in [0.2, 0.25) is 0 Å². The lowest BCUT2D eigenvalue weighted by atomic mass is 9.84. The topological polar surface area (TPSA) is 93.1 Å². The van der Waals surface area contributed by atoms with E-state index in [1.165, 1.54) is 27.4 Å². The van der Waals surface area contributed by atoms with E-state index in [2.05, 4.69) is 0 Å². The average Bonchev–Trinajstić information content (AvgIpc) is 3.34. The number of ketones is 2. The van der Waals surface area contributed by atoms with Gasteiger partial charge in [0.25, 0.3) is 0 Å². The Balaban J connectivity index is 1.62. The molecule has 204 valence electrons. The number of Topliss-reactive ketones (excluding diaryl/α,β-unsaturated/α-hetero) is 1. The zero-order valence-corrected chi connectivity index (χ0v) is 22.8. The van der Waals surface area contributed by atoms with Gasteiger partial charge >= 0.3 is 5.97 Å². The lowest BCUT2D eigenvalue weighted by Crippen LogP contribution is -2.19. The average molecular weight is 548 g/mol. The molecule has 0 radical (unpaired) electrons. The van der Waals surface area contributed by atoms with Gasteiger partial charge in [0.1, 0.15) is 17.2 Å². The largest absolute Gasteiger partial charge is 0.496 e. The molecule has 1 heterocycles. The Labute approximate surface area is 235 Å². The highest BCUT2D eigenvalue weighted by atomic mass is 16.5. The van der Waals surface area contributed by atoms with E-state index < -0.39 is 11.8 Å². The summed E-state index contributed by atoms with van der Waals surface area (Å²) in [4.78, 5) is 41.1. The third kappa shape index (κ3) is 4.03. The first-order valence-corrected chi connectivity index (χ1v) is 12.8. The van der Waals surface area contributed by atoms with Gasteiger partial charge in [-0.05, 0) is 30.3 Å². The fourth-order valence-electron chi connectivity index (χ4n) is 5.43. The number of aromatic nitrogens is 1. The van der Waals surface area contributed by atoms with Crippen LogP contribution in [-0.4, -0.2) is 43.4 Å². The molecule has 0 fully saturated rings. The summed E-state index contributed by atoms with van der Waals surface area (Å²) in [5.41, 5.74) is 1.83. The summed E-state index contributed by atoms with van der Waals surface area (Å²) in [7, 11) is 6.28. The maximum absolute atomic E-state index is 14.0. The van der Waals surface area contributed by atoms with E-state index in [4.69, 9.17) is 18.9 Å². The molecule has 0 saturated carbocycles. The first-order valence-electron chi connectivity index (χ1n) is 12.8. The number of aryl methyl sites for hydroxylation is 1. The Morgan fingerprint density at radius 1 is 0.756 bits per heavy atom. The number of carbonyl (C=O) groups excluding carboxylic acids is 3. The van der Waals surface area contributed by atoms with Gasteiger partial charge in [-0.25, -0.2) is 4.79 Å². The molecule has 8 heteroatoms. The number of carbonyl (C=O) groups is 3. The van der Waals surface area contributed by atoms with Crippen molar-refractivity contribution in [3.05, 3.63) is 101 Å². The molecule has 1 aromatic heterocycles. The Morgan fingerprint density at radius 2 is 1.44 bits per heavy atom. The minimum absolute atomic E-state index is 0.0406. The minimum Gasteiger partial charge on any atom is -0.496 e. The fraction of sp³-hybridized carbons (Fsp3) is 0.121. The van der Waals surface area contributed by atoms with E-state index in [1.807, 2.05) is 35.9 Å². The molecule has 6 rings (SSSR count). The van der Waals surface area contributed by atoms with Crippen molar-refractivity contribution >= 4 is 44.8 Å². The Bertz CT molecular complexity index is 1950. The summed E-state index contributed by atoms with van der Waals surface area (Å²) in [5, 5.41) is 1.74. The molecule has 0 aliphatic heterocycles. The Kier molecular flexibility index (Phi) is 6.30. The molecule has 0 bridgehead atoms. The van der Waals surface area contributed by atoms with E-state index in [0.717, 1.165) is 5.52 Å². The van der Waals surface area contributed by atoms with Gasteiger partial charge in [-0.3, -0.25) is 9.59 Å². The normalized spacial score (nSPS) is 12.7. The van der Waals surface area contributed by atoms with Gasteiger partial charge in [0.05, 0.1) is 37.8 Å². The van der Waals surface area contributed by atoms with E-state index in [-0.39, 0.29) is 39.5 Å². The number of para-hydroxylation sites is 1. The van der Waals surface area contributed by atoms with Crippen LogP contribution in [-0.2, 0) is 7.05 Å². The number of rotatable bonds is 6. The molecule has 4 aromatic carbocycles. The van der Waals surface area contributed by atoms with E-state index in [9.17, 15) is 14.4 Å². The van der Waals surface area contributed by atoms with Crippen LogP contribution in [0, 0.1) is 0 Å². The van der Waals surface area contributed by atoms with Crippen LogP contribution in [0.15, 0.2) is 79.0 Å². The summed E-state index contributed by atoms with van der Waals surface area (Å²) < 4.78 is 24.8. The monoisotopic (exact) mass is 547 g/mol. The summed E-state index contributed by atoms with van der Waals surface area (Å²) in [6.45, 7) is 0. The van der Waals surface area contributed by atoms with E-state index >= 15 is 0 Å². The van der Waals surface area contributed by atoms with Gasteiger partial charge < -0.3 is 23.5 Å². The minimum atomic E-state index is -0.631. The quantitative estimate of drug-likeness (QED) is 0.189. The molecular formula is C33H25NO7. The molecule has 0 spiro atoms. The smallest absolute Gasteiger partial charge is 0.345 e. The Hall–Kier alpha value is -5.37. The molecule has 1 aliphatic carbocycles. The second-order valence-electron chi connectivity index (χ2n) is 9.53. The number of benzene rings is 4. The lowest BCUT2D eigenvalue weighted by molar-refractivity contribution is 0.0737. The van der Waals surface area contributed by atoms with Crippen LogP contribution in [0.5, 0.6) is 23.0 Å². The van der Waals surface area contributed by atoms with Gasteiger partial charge in [0.2, 0.25) is 0 Å². The van der Waals surface area contributed by atoms with E-state index in [1.54, 1.807) is 48.7 Å². The third-order valence-electron chi connectivity index (χ3n) is 7.34. The van der Waals surface area contributed by atoms with Crippen molar-refractivity contribution in [3.8, 4) is 23.0 Å². The predicted octanol–water partition coefficient (Wildman–Crippen LogP) is 6.04. The molecule has 0 unspecified atom stereocenters. The second-order valence-corrected chi connectivity index (χ2v) is 9.53. The number of allylic oxidation sites excluding steroid dienone is 2. The van der Waals surface area contributed by atoms with Crippen molar-refractivity contribution in [1.29, 1.82) is 0 Å². The number of methoxy groups -OCH3 is 3. The van der Waals surface area contributed by atoms with Gasteiger partial charge in [0, 0.05) is 46.2 Å². The standard InChI is InChI=1S/C33H25NO7/c1-34-17-23(18-9-5-6-12-24(18)34)33(37)41-32-22(16-28(40-4)20-11-8-14-27(39-3)30(20)32)21-15-25(35)19-10-7-13-26(38-2)29(19)31(21)36/h5-17H,1-4H3. The lowest BCUT2D eigenvalue weighted by Gasteiger charge is -2.22. The van der Waals surface area contributed by atoms with Crippen molar-refractivity contribution in [2.45, 2.75) is 0 Å². The first kappa shape index (κ1) is 25.9. The fourth-order valence-corrected chi connectivity index (χ4v) is 5.43. The Morgan fingerprint density at radius 3 is 2.20 bits per heavy atom. The highest BCUT2D eigenvalue weighted by Gasteiger charge is 2.33. The summed E-state index contributed by atoms with van der Waals surface area (Å²) in [6, 6.07) is 19.3. The van der Waals surface area contributed by atoms with Crippen molar-refractivity contribution in [2.75, 3.05) is 21.3 Å². The molecule has 5 aromatic rings. The molecule has 41 heavy (non-hydrogen) atoms. The number of fused-ring (bicyclic) bond motifs is 3. The highest BCUT2D eigenvalue weighted by Crippen LogP contribution is 2.46. The molecule has 0 atom stereocenters. The van der Waals surface area contributed by atoms with Crippen molar-refractivity contribution < 1.29 is 33.3 Å².